The van der Waals surface area contributed by atoms with Crippen LogP contribution in [0.2, 0.25) is 0 Å². The zero-order valence-electron chi connectivity index (χ0n) is 16.9. The lowest BCUT2D eigenvalue weighted by Crippen LogP contribution is -3.07. The van der Waals surface area contributed by atoms with Gasteiger partial charge in [0.25, 0.3) is 5.56 Å². The number of aromatic amines is 1. The van der Waals surface area contributed by atoms with Gasteiger partial charge in [0.15, 0.2) is 0 Å². The van der Waals surface area contributed by atoms with Crippen LogP contribution >= 0.6 is 0 Å². The standard InChI is InChI=1S/C22H30N2O5/c1-19(9-25)15-16-20(19,10-26)14-7-22(15,21(14,16)11-27)24-8-13(17(28)23-18(24)29)12-5-3-2-4-6-12/h8,12,14-16,25-27H,2-7,9-11H2,1H3,(H,23,28,29). The van der Waals surface area contributed by atoms with Gasteiger partial charge >= 0.3 is 5.69 Å². The molecule has 0 aliphatic heterocycles. The molecule has 0 spiro atoms. The number of aliphatic hydroxyl groups excluding tert-OH is 3. The molecule has 5 fully saturated rings. The van der Waals surface area contributed by atoms with Gasteiger partial charge in [0.2, 0.25) is 0 Å². The van der Waals surface area contributed by atoms with Crippen molar-refractivity contribution < 1.29 is 15.3 Å². The van der Waals surface area contributed by atoms with E-state index < -0.39 is 22.1 Å². The maximum atomic E-state index is 13.0. The fourth-order valence-corrected chi connectivity index (χ4v) is 9.53. The van der Waals surface area contributed by atoms with Crippen LogP contribution in [-0.4, -0.2) is 44.7 Å². The largest absolute Gasteiger partial charge is 0.396 e. The Balaban J connectivity index is 1.50. The molecule has 0 radical (unpaired) electrons. The van der Waals surface area contributed by atoms with E-state index in [1.165, 1.54) is 6.42 Å². The second-order valence-electron chi connectivity index (χ2n) is 10.7. The first-order chi connectivity index (χ1) is 13.9. The molecule has 1 aromatic heterocycles. The zero-order chi connectivity index (χ0) is 20.4. The highest BCUT2D eigenvalue weighted by Gasteiger charge is 3.05. The third-order valence-corrected chi connectivity index (χ3v) is 10.6. The van der Waals surface area contributed by atoms with Crippen molar-refractivity contribution in [1.82, 2.24) is 9.55 Å². The highest BCUT2D eigenvalue weighted by atomic mass is 16.3. The lowest BCUT2D eigenvalue weighted by molar-refractivity contribution is -0.588. The molecule has 5 saturated carbocycles. The molecular weight excluding hydrogens is 372 g/mol. The van der Waals surface area contributed by atoms with E-state index >= 15 is 0 Å². The number of nitrogens with one attached hydrogen (secondary N) is 1. The van der Waals surface area contributed by atoms with Crippen LogP contribution in [0.25, 0.3) is 0 Å². The summed E-state index contributed by atoms with van der Waals surface area (Å²) in [6, 6.07) is 0. The van der Waals surface area contributed by atoms with Gasteiger partial charge in [-0.15, -0.1) is 0 Å². The molecule has 0 aromatic carbocycles. The average Bonchev–Trinajstić information content (AvgIpc) is 2.73. The van der Waals surface area contributed by atoms with Crippen molar-refractivity contribution in [2.24, 2.45) is 34.0 Å². The molecule has 7 nitrogen and oxygen atoms in total. The Hall–Kier alpha value is -1.44. The third kappa shape index (κ3) is 1.47. The minimum Gasteiger partial charge on any atom is -0.396 e. The number of rotatable bonds is 5. The van der Waals surface area contributed by atoms with Crippen molar-refractivity contribution in [2.45, 2.75) is 56.9 Å². The van der Waals surface area contributed by atoms with E-state index in [0.717, 1.165) is 32.1 Å². The van der Waals surface area contributed by atoms with Crippen LogP contribution in [0.15, 0.2) is 15.8 Å². The predicted molar refractivity (Wildman–Crippen MR) is 104 cm³/mol. The van der Waals surface area contributed by atoms with Crippen LogP contribution in [0.1, 0.15) is 56.9 Å². The van der Waals surface area contributed by atoms with Crippen molar-refractivity contribution >= 4 is 0 Å². The molecule has 7 atom stereocenters. The van der Waals surface area contributed by atoms with Crippen LogP contribution in [0.3, 0.4) is 0 Å². The Bertz CT molecular complexity index is 1000. The summed E-state index contributed by atoms with van der Waals surface area (Å²) in [5.74, 6) is 0.454. The molecule has 29 heavy (non-hydrogen) atoms. The fourth-order valence-electron chi connectivity index (χ4n) is 9.53. The summed E-state index contributed by atoms with van der Waals surface area (Å²) in [5.41, 5.74) is -1.76. The molecule has 7 unspecified atom stereocenters. The number of aliphatic hydroxyl groups is 3. The number of hydrogen-bond donors (Lipinski definition) is 4. The Labute approximate surface area is 168 Å². The zero-order valence-corrected chi connectivity index (χ0v) is 16.9. The molecule has 1 aromatic rings. The van der Waals surface area contributed by atoms with Gasteiger partial charge in [0.1, 0.15) is 0 Å². The normalized spacial score (nSPS) is 49.3. The Morgan fingerprint density at radius 2 is 1.72 bits per heavy atom. The number of aromatic nitrogens is 2. The van der Waals surface area contributed by atoms with Gasteiger partial charge < -0.3 is 15.3 Å². The highest BCUT2D eigenvalue weighted by Crippen LogP contribution is 3.03. The molecule has 0 bridgehead atoms. The molecule has 158 valence electrons. The topological polar surface area (TPSA) is 116 Å². The minimum absolute atomic E-state index is 0.0154. The molecule has 5 aliphatic rings. The Morgan fingerprint density at radius 3 is 2.31 bits per heavy atom. The third-order valence-electron chi connectivity index (χ3n) is 10.6. The first kappa shape index (κ1) is 18.3. The summed E-state index contributed by atoms with van der Waals surface area (Å²) in [4.78, 5) is 28.2. The fraction of sp³-hybridized carbons (Fsp3) is 0.818. The van der Waals surface area contributed by atoms with Crippen LogP contribution in [0.4, 0.5) is 0 Å². The second kappa shape index (κ2) is 5.24. The van der Waals surface area contributed by atoms with Gasteiger partial charge in [0, 0.05) is 41.2 Å². The van der Waals surface area contributed by atoms with Gasteiger partial charge in [-0.05, 0) is 42.9 Å². The van der Waals surface area contributed by atoms with Crippen molar-refractivity contribution in [2.75, 3.05) is 19.8 Å². The summed E-state index contributed by atoms with van der Waals surface area (Å²) < 4.78 is 1.72. The molecule has 0 amide bonds. The molecule has 7 heteroatoms. The van der Waals surface area contributed by atoms with Crippen LogP contribution in [0.5, 0.6) is 0 Å². The van der Waals surface area contributed by atoms with Crippen molar-refractivity contribution in [3.05, 3.63) is 32.6 Å². The van der Waals surface area contributed by atoms with Crippen LogP contribution < -0.4 is 11.2 Å². The van der Waals surface area contributed by atoms with E-state index in [2.05, 4.69) is 4.98 Å². The number of H-pyrrole nitrogens is 1. The van der Waals surface area contributed by atoms with E-state index in [1.54, 1.807) is 10.8 Å². The number of fused-ring (bicyclic) bond motifs is 2. The Morgan fingerprint density at radius 1 is 1.03 bits per heavy atom. The SMILES string of the molecule is CC1(CO)C2C3C1(CO)C1CC2(n2cc(C4CCCCC4)c(=O)[nH]c2=O)C13CO. The maximum absolute atomic E-state index is 13.0. The van der Waals surface area contributed by atoms with Crippen molar-refractivity contribution in [1.29, 1.82) is 0 Å². The van der Waals surface area contributed by atoms with E-state index in [1.807, 2.05) is 6.92 Å². The summed E-state index contributed by atoms with van der Waals surface area (Å²) in [6.45, 7) is 1.97. The lowest BCUT2D eigenvalue weighted by atomic mass is 9.00. The van der Waals surface area contributed by atoms with E-state index in [4.69, 9.17) is 0 Å². The highest BCUT2D eigenvalue weighted by molar-refractivity contribution is 5.52. The Kier molecular flexibility index (Phi) is 3.31. The summed E-state index contributed by atoms with van der Waals surface area (Å²) in [6.07, 6.45) is 7.84. The van der Waals surface area contributed by atoms with E-state index in [9.17, 15) is 24.9 Å². The van der Waals surface area contributed by atoms with Crippen LogP contribution in [0, 0.1) is 34.0 Å². The van der Waals surface area contributed by atoms with Gasteiger partial charge in [-0.2, -0.15) is 0 Å². The molecule has 4 N–H and O–H groups in total. The van der Waals surface area contributed by atoms with Gasteiger partial charge in [0.05, 0.1) is 12.1 Å². The summed E-state index contributed by atoms with van der Waals surface area (Å²) >= 11 is 0. The van der Waals surface area contributed by atoms with Crippen molar-refractivity contribution in [3.63, 3.8) is 0 Å². The van der Waals surface area contributed by atoms with E-state index in [-0.39, 0.29) is 54.5 Å². The molecular formula is C22H30N2O5. The van der Waals surface area contributed by atoms with Gasteiger partial charge in [-0.3, -0.25) is 14.3 Å². The molecule has 0 saturated heterocycles. The first-order valence-corrected chi connectivity index (χ1v) is 11.1. The molecule has 1 heterocycles. The number of nitrogens with zero attached hydrogens (tertiary/aromatic N) is 1. The second-order valence-corrected chi connectivity index (χ2v) is 10.7. The smallest absolute Gasteiger partial charge is 0.328 e. The van der Waals surface area contributed by atoms with Gasteiger partial charge in [-0.1, -0.05) is 26.2 Å². The molecule has 6 rings (SSSR count). The average molecular weight is 402 g/mol. The number of hydrogen-bond acceptors (Lipinski definition) is 5. The quantitative estimate of drug-likeness (QED) is 0.573. The maximum Gasteiger partial charge on any atom is 0.328 e. The predicted octanol–water partition coefficient (Wildman–Crippen LogP) is 0.529. The van der Waals surface area contributed by atoms with Crippen molar-refractivity contribution in [3.8, 4) is 0 Å². The van der Waals surface area contributed by atoms with Crippen LogP contribution in [-0.2, 0) is 5.54 Å². The minimum atomic E-state index is -0.559. The van der Waals surface area contributed by atoms with E-state index in [0.29, 0.717) is 5.56 Å². The lowest BCUT2D eigenvalue weighted by Gasteiger charge is -3.04. The summed E-state index contributed by atoms with van der Waals surface area (Å²) in [7, 11) is 0. The first-order valence-electron chi connectivity index (χ1n) is 11.1. The molecule has 5 aliphatic carbocycles. The van der Waals surface area contributed by atoms with Gasteiger partial charge in [-0.25, -0.2) is 4.79 Å². The summed E-state index contributed by atoms with van der Waals surface area (Å²) in [5, 5.41) is 30.9. The monoisotopic (exact) mass is 402 g/mol.